The molecule has 2 aromatic carbocycles. The predicted octanol–water partition coefficient (Wildman–Crippen LogP) is 4.21. The van der Waals surface area contributed by atoms with Crippen LogP contribution in [0.4, 0.5) is 5.69 Å². The Morgan fingerprint density at radius 1 is 1.08 bits per heavy atom. The molecule has 0 amide bonds. The first-order chi connectivity index (χ1) is 11.6. The van der Waals surface area contributed by atoms with Crippen LogP contribution in [0, 0.1) is 11.3 Å². The molecule has 2 fully saturated rings. The van der Waals surface area contributed by atoms with Crippen LogP contribution < -0.4 is 10.2 Å². The van der Waals surface area contributed by atoms with E-state index in [0.29, 0.717) is 12.1 Å². The maximum Gasteiger partial charge on any atom is 0.0991 e. The lowest BCUT2D eigenvalue weighted by molar-refractivity contribution is 0.199. The third-order valence-corrected chi connectivity index (χ3v) is 5.56. The number of benzene rings is 2. The molecule has 1 aliphatic heterocycles. The number of fused-ring (bicyclic) bond motifs is 2. The molecule has 2 aromatic rings. The van der Waals surface area contributed by atoms with Crippen LogP contribution in [0.1, 0.15) is 45.1 Å². The Labute approximate surface area is 144 Å². The van der Waals surface area contributed by atoms with Crippen LogP contribution in [0.5, 0.6) is 0 Å². The molecular formula is C21H25N3. The SMILES string of the molecule is CC1(C)CN(c2ccc3cc(C#N)ccc3c2)C2CCCCC2N1. The second-order valence-electron chi connectivity index (χ2n) is 7.97. The molecule has 1 saturated heterocycles. The lowest BCUT2D eigenvalue weighted by atomic mass is 9.83. The van der Waals surface area contributed by atoms with Crippen molar-refractivity contribution < 1.29 is 0 Å². The summed E-state index contributed by atoms with van der Waals surface area (Å²) in [5.41, 5.74) is 2.18. The fourth-order valence-corrected chi connectivity index (χ4v) is 4.51. The summed E-state index contributed by atoms with van der Waals surface area (Å²) in [5.74, 6) is 0. The van der Waals surface area contributed by atoms with E-state index in [9.17, 15) is 0 Å². The van der Waals surface area contributed by atoms with Crippen molar-refractivity contribution in [2.75, 3.05) is 11.4 Å². The Kier molecular flexibility index (Phi) is 3.73. The quantitative estimate of drug-likeness (QED) is 0.856. The maximum atomic E-state index is 9.08. The maximum absolute atomic E-state index is 9.08. The number of hydrogen-bond donors (Lipinski definition) is 1. The van der Waals surface area contributed by atoms with E-state index >= 15 is 0 Å². The van der Waals surface area contributed by atoms with Crippen molar-refractivity contribution in [2.45, 2.75) is 57.2 Å². The summed E-state index contributed by atoms with van der Waals surface area (Å²) >= 11 is 0. The van der Waals surface area contributed by atoms with Gasteiger partial charge in [0.15, 0.2) is 0 Å². The van der Waals surface area contributed by atoms with Crippen LogP contribution in [0.15, 0.2) is 36.4 Å². The van der Waals surface area contributed by atoms with Gasteiger partial charge in [-0.3, -0.25) is 0 Å². The second kappa shape index (κ2) is 5.79. The normalized spacial score (nSPS) is 26.0. The van der Waals surface area contributed by atoms with Gasteiger partial charge in [-0.25, -0.2) is 0 Å². The molecule has 2 unspecified atom stereocenters. The summed E-state index contributed by atoms with van der Waals surface area (Å²) in [4.78, 5) is 2.62. The van der Waals surface area contributed by atoms with Gasteiger partial charge in [-0.2, -0.15) is 5.26 Å². The molecule has 0 radical (unpaired) electrons. The highest BCUT2D eigenvalue weighted by atomic mass is 15.3. The van der Waals surface area contributed by atoms with Crippen molar-refractivity contribution in [2.24, 2.45) is 0 Å². The zero-order valence-electron chi connectivity index (χ0n) is 14.5. The van der Waals surface area contributed by atoms with E-state index in [4.69, 9.17) is 5.26 Å². The van der Waals surface area contributed by atoms with Gasteiger partial charge in [0.2, 0.25) is 0 Å². The third kappa shape index (κ3) is 2.76. The summed E-state index contributed by atoms with van der Waals surface area (Å²) in [6.07, 6.45) is 5.23. The Bertz CT molecular complexity index is 802. The lowest BCUT2D eigenvalue weighted by Crippen LogP contribution is -2.67. The zero-order chi connectivity index (χ0) is 16.7. The van der Waals surface area contributed by atoms with Crippen LogP contribution in [-0.2, 0) is 0 Å². The highest BCUT2D eigenvalue weighted by Gasteiger charge is 2.40. The van der Waals surface area contributed by atoms with Crippen molar-refractivity contribution in [3.8, 4) is 6.07 Å². The second-order valence-corrected chi connectivity index (χ2v) is 7.97. The minimum Gasteiger partial charge on any atom is -0.365 e. The molecule has 4 rings (SSSR count). The number of nitriles is 1. The van der Waals surface area contributed by atoms with Crippen molar-refractivity contribution in [3.05, 3.63) is 42.0 Å². The molecule has 124 valence electrons. The first kappa shape index (κ1) is 15.5. The molecule has 3 nitrogen and oxygen atoms in total. The molecule has 0 bridgehead atoms. The van der Waals surface area contributed by atoms with Crippen molar-refractivity contribution in [3.63, 3.8) is 0 Å². The fraction of sp³-hybridized carbons (Fsp3) is 0.476. The molecule has 24 heavy (non-hydrogen) atoms. The number of rotatable bonds is 1. The van der Waals surface area contributed by atoms with Crippen LogP contribution in [-0.4, -0.2) is 24.2 Å². The molecule has 2 aliphatic rings. The van der Waals surface area contributed by atoms with Gasteiger partial charge in [0.1, 0.15) is 0 Å². The average molecular weight is 319 g/mol. The standard InChI is InChI=1S/C21H25N3/c1-21(2)14-24(20-6-4-3-5-19(20)23-21)18-10-9-16-11-15(13-22)7-8-17(16)12-18/h7-12,19-20,23H,3-6,14H2,1-2H3. The number of anilines is 1. The Hall–Kier alpha value is -2.05. The molecule has 1 N–H and O–H groups in total. The summed E-state index contributed by atoms with van der Waals surface area (Å²) in [5, 5.41) is 15.3. The molecule has 1 aliphatic carbocycles. The average Bonchev–Trinajstić information content (AvgIpc) is 2.59. The topological polar surface area (TPSA) is 39.1 Å². The highest BCUT2D eigenvalue weighted by molar-refractivity contribution is 5.87. The first-order valence-corrected chi connectivity index (χ1v) is 9.04. The van der Waals surface area contributed by atoms with Crippen molar-refractivity contribution in [1.29, 1.82) is 5.26 Å². The molecule has 0 aromatic heterocycles. The number of nitrogens with zero attached hydrogens (tertiary/aromatic N) is 2. The molecule has 1 saturated carbocycles. The van der Waals surface area contributed by atoms with Gasteiger partial charge < -0.3 is 10.2 Å². The van der Waals surface area contributed by atoms with Gasteiger partial charge in [-0.05, 0) is 61.7 Å². The Morgan fingerprint density at radius 3 is 2.67 bits per heavy atom. The number of piperazine rings is 1. The van der Waals surface area contributed by atoms with E-state index in [1.807, 2.05) is 12.1 Å². The summed E-state index contributed by atoms with van der Waals surface area (Å²) in [6.45, 7) is 5.66. The van der Waals surface area contributed by atoms with Gasteiger partial charge in [-0.15, -0.1) is 0 Å². The number of nitrogens with one attached hydrogen (secondary N) is 1. The van der Waals surface area contributed by atoms with Gasteiger partial charge in [0.05, 0.1) is 11.6 Å². The zero-order valence-corrected chi connectivity index (χ0v) is 14.5. The van der Waals surface area contributed by atoms with Crippen LogP contribution in [0.25, 0.3) is 10.8 Å². The largest absolute Gasteiger partial charge is 0.365 e. The molecule has 2 atom stereocenters. The van der Waals surface area contributed by atoms with E-state index < -0.39 is 0 Å². The fourth-order valence-electron chi connectivity index (χ4n) is 4.51. The minimum absolute atomic E-state index is 0.137. The third-order valence-electron chi connectivity index (χ3n) is 5.56. The lowest BCUT2D eigenvalue weighted by Gasteiger charge is -2.52. The highest BCUT2D eigenvalue weighted by Crippen LogP contribution is 2.34. The van der Waals surface area contributed by atoms with E-state index in [1.54, 1.807) is 0 Å². The summed E-state index contributed by atoms with van der Waals surface area (Å²) in [6, 6.07) is 16.1. The van der Waals surface area contributed by atoms with Gasteiger partial charge in [0.25, 0.3) is 0 Å². The van der Waals surface area contributed by atoms with Crippen LogP contribution in [0.2, 0.25) is 0 Å². The van der Waals surface area contributed by atoms with E-state index in [0.717, 1.165) is 17.5 Å². The summed E-state index contributed by atoms with van der Waals surface area (Å²) in [7, 11) is 0. The van der Waals surface area contributed by atoms with E-state index in [1.165, 1.54) is 36.8 Å². The van der Waals surface area contributed by atoms with Crippen molar-refractivity contribution in [1.82, 2.24) is 5.32 Å². The number of hydrogen-bond acceptors (Lipinski definition) is 3. The molecule has 1 heterocycles. The monoisotopic (exact) mass is 319 g/mol. The van der Waals surface area contributed by atoms with E-state index in [2.05, 4.69) is 54.4 Å². The molecular weight excluding hydrogens is 294 g/mol. The van der Waals surface area contributed by atoms with Crippen LogP contribution in [0.3, 0.4) is 0 Å². The summed E-state index contributed by atoms with van der Waals surface area (Å²) < 4.78 is 0. The molecule has 3 heteroatoms. The van der Waals surface area contributed by atoms with Crippen LogP contribution >= 0.6 is 0 Å². The van der Waals surface area contributed by atoms with Gasteiger partial charge in [0, 0.05) is 29.9 Å². The smallest absolute Gasteiger partial charge is 0.0991 e. The molecule has 0 spiro atoms. The first-order valence-electron chi connectivity index (χ1n) is 9.04. The van der Waals surface area contributed by atoms with Gasteiger partial charge in [-0.1, -0.05) is 25.0 Å². The minimum atomic E-state index is 0.137. The van der Waals surface area contributed by atoms with Gasteiger partial charge >= 0.3 is 0 Å². The Balaban J connectivity index is 1.72. The Morgan fingerprint density at radius 2 is 1.83 bits per heavy atom. The van der Waals surface area contributed by atoms with Crippen molar-refractivity contribution >= 4 is 16.5 Å². The van der Waals surface area contributed by atoms with E-state index in [-0.39, 0.29) is 5.54 Å². The predicted molar refractivity (Wildman–Crippen MR) is 99.3 cm³/mol.